The third-order valence-corrected chi connectivity index (χ3v) is 12.4. The molecule has 2 heterocycles. The van der Waals surface area contributed by atoms with E-state index in [2.05, 4.69) is 46.6 Å². The molecule has 6 rings (SSSR count). The summed E-state index contributed by atoms with van der Waals surface area (Å²) in [6, 6.07) is 14.1. The van der Waals surface area contributed by atoms with Crippen molar-refractivity contribution in [1.82, 2.24) is 9.88 Å². The Kier molecular flexibility index (Phi) is 8.09. The van der Waals surface area contributed by atoms with Gasteiger partial charge in [0.15, 0.2) is 11.4 Å². The summed E-state index contributed by atoms with van der Waals surface area (Å²) in [5, 5.41) is 4.07. The smallest absolute Gasteiger partial charge is 0.173 e. The van der Waals surface area contributed by atoms with Crippen molar-refractivity contribution in [2.24, 2.45) is 23.5 Å². The van der Waals surface area contributed by atoms with E-state index in [9.17, 15) is 9.18 Å². The van der Waals surface area contributed by atoms with Crippen LogP contribution in [0.4, 0.5) is 4.39 Å². The first-order chi connectivity index (χ1) is 20.0. The zero-order chi connectivity index (χ0) is 29.6. The number of ketones is 1. The van der Waals surface area contributed by atoms with E-state index in [1.165, 1.54) is 57.9 Å². The van der Waals surface area contributed by atoms with Crippen molar-refractivity contribution < 1.29 is 13.7 Å². The number of Topliss-reactive ketones (excluding diaryl/α,β-unsaturated/α-hetero) is 1. The van der Waals surface area contributed by atoms with Gasteiger partial charge in [-0.05, 0) is 68.2 Å². The lowest BCUT2D eigenvalue weighted by Crippen LogP contribution is -2.34. The van der Waals surface area contributed by atoms with Gasteiger partial charge in [-0.2, -0.15) is 0 Å². The molecule has 3 saturated carbocycles. The molecule has 0 bridgehead atoms. The third-order valence-electron chi connectivity index (χ3n) is 9.44. The van der Waals surface area contributed by atoms with E-state index in [0.717, 1.165) is 33.4 Å². The minimum absolute atomic E-state index is 0.172. The summed E-state index contributed by atoms with van der Waals surface area (Å²) in [6.45, 7) is 7.04. The number of carbonyl (C=O) groups is 1. The van der Waals surface area contributed by atoms with Crippen molar-refractivity contribution in [3.63, 3.8) is 0 Å². The molecule has 3 N–H and O–H groups in total. The summed E-state index contributed by atoms with van der Waals surface area (Å²) in [4.78, 5) is 14.0. The number of nitrogens with one attached hydrogen (secondary N) is 1. The number of rotatable bonds is 12. The zero-order valence-corrected chi connectivity index (χ0v) is 26.3. The molecule has 224 valence electrons. The highest BCUT2D eigenvalue weighted by Crippen LogP contribution is 2.56. The number of hydrogen-bond donors (Lipinski definition) is 2. The van der Waals surface area contributed by atoms with E-state index in [1.54, 1.807) is 17.4 Å². The van der Waals surface area contributed by atoms with Gasteiger partial charge in [0.2, 0.25) is 0 Å². The van der Waals surface area contributed by atoms with Gasteiger partial charge in [0.05, 0.1) is 14.6 Å². The number of carbonyl (C=O) groups excluding carboxylic acids is 1. The predicted octanol–water partition coefficient (Wildman–Crippen LogP) is 8.29. The number of aromatic nitrogens is 1. The van der Waals surface area contributed by atoms with Crippen LogP contribution in [0.2, 0.25) is 0 Å². The molecule has 0 saturated heterocycles. The number of alkyl halides is 1. The maximum atomic E-state index is 14.3. The highest BCUT2D eigenvalue weighted by molar-refractivity contribution is 8.13. The predicted molar refractivity (Wildman–Crippen MR) is 171 cm³/mol. The topological polar surface area (TPSA) is 81.2 Å². The van der Waals surface area contributed by atoms with Gasteiger partial charge >= 0.3 is 0 Å². The lowest BCUT2D eigenvalue weighted by molar-refractivity contribution is -0.119. The lowest BCUT2D eigenvalue weighted by Gasteiger charge is -2.21. The highest BCUT2D eigenvalue weighted by Gasteiger charge is 2.57. The van der Waals surface area contributed by atoms with Crippen molar-refractivity contribution >= 4 is 33.7 Å². The van der Waals surface area contributed by atoms with E-state index in [-0.39, 0.29) is 17.6 Å². The van der Waals surface area contributed by atoms with Crippen molar-refractivity contribution in [3.05, 3.63) is 71.6 Å². The number of halogens is 1. The Bertz CT molecular complexity index is 1500. The van der Waals surface area contributed by atoms with Crippen LogP contribution in [0.3, 0.4) is 0 Å². The molecule has 3 aromatic rings. The fraction of sp³-hybridized carbons (Fsp3) is 0.500. The standard InChI is InChI=1S/C34H42FN3O2S2/c1-21(36)34(38-42(4)32-14-13-30(41-32)28-19-31(40-37-28)33(2,3)35)20-27(34)24-12-8-11-23(16-24)17-29(39)26-18-25(26)15-22-9-6-5-7-10-22/h8,11-14,16,19,22,25-27,38H,1,4-7,9-10,15,17-18,20,36H2,2-3H3. The first-order valence-electron chi connectivity index (χ1n) is 15.2. The van der Waals surface area contributed by atoms with Crippen LogP contribution >= 0.6 is 22.0 Å². The van der Waals surface area contributed by atoms with E-state index in [4.69, 9.17) is 10.3 Å². The van der Waals surface area contributed by atoms with Gasteiger partial charge in [0.25, 0.3) is 0 Å². The van der Waals surface area contributed by atoms with Gasteiger partial charge in [-0.3, -0.25) is 9.52 Å². The second-order valence-electron chi connectivity index (χ2n) is 13.1. The van der Waals surface area contributed by atoms with Crippen LogP contribution in [-0.2, 0) is 16.9 Å². The molecule has 5 nitrogen and oxygen atoms in total. The van der Waals surface area contributed by atoms with Gasteiger partial charge in [-0.15, -0.1) is 11.3 Å². The van der Waals surface area contributed by atoms with Crippen LogP contribution in [-0.4, -0.2) is 22.3 Å². The van der Waals surface area contributed by atoms with E-state index < -0.39 is 21.9 Å². The van der Waals surface area contributed by atoms with Gasteiger partial charge in [0, 0.05) is 30.0 Å². The monoisotopic (exact) mass is 607 g/mol. The Morgan fingerprint density at radius 3 is 2.74 bits per heavy atom. The van der Waals surface area contributed by atoms with Gasteiger partial charge in [-0.1, -0.05) is 84.6 Å². The zero-order valence-electron chi connectivity index (χ0n) is 24.7. The van der Waals surface area contributed by atoms with E-state index in [1.807, 2.05) is 12.1 Å². The molecule has 0 amide bonds. The molecule has 3 aliphatic carbocycles. The number of nitrogens with zero attached hydrogens (tertiary/aromatic N) is 1. The third kappa shape index (κ3) is 6.22. The summed E-state index contributed by atoms with van der Waals surface area (Å²) in [7, 11) is -0.548. The average molecular weight is 608 g/mol. The minimum Gasteiger partial charge on any atom is -0.401 e. The molecule has 0 aliphatic heterocycles. The van der Waals surface area contributed by atoms with Gasteiger partial charge < -0.3 is 10.3 Å². The van der Waals surface area contributed by atoms with Crippen molar-refractivity contribution in [2.75, 3.05) is 0 Å². The average Bonchev–Trinajstić information content (AvgIpc) is 3.71. The molecule has 1 aromatic carbocycles. The number of thiophene rings is 1. The highest BCUT2D eigenvalue weighted by atomic mass is 32.2. The Morgan fingerprint density at radius 1 is 1.24 bits per heavy atom. The van der Waals surface area contributed by atoms with Crippen LogP contribution in [0.25, 0.3) is 10.6 Å². The number of hydrogen-bond acceptors (Lipinski definition) is 6. The summed E-state index contributed by atoms with van der Waals surface area (Å²) >= 11 is 1.56. The van der Waals surface area contributed by atoms with Crippen LogP contribution in [0.5, 0.6) is 0 Å². The van der Waals surface area contributed by atoms with Gasteiger partial charge in [-0.25, -0.2) is 4.39 Å². The van der Waals surface area contributed by atoms with Gasteiger partial charge in [0.1, 0.15) is 11.5 Å². The van der Waals surface area contributed by atoms with Crippen LogP contribution < -0.4 is 10.5 Å². The molecule has 5 unspecified atom stereocenters. The second-order valence-corrected chi connectivity index (χ2v) is 15.9. The molecule has 3 aliphatic rings. The van der Waals surface area contributed by atoms with Crippen molar-refractivity contribution in [2.45, 2.75) is 93.0 Å². The molecule has 42 heavy (non-hydrogen) atoms. The fourth-order valence-electron chi connectivity index (χ4n) is 6.74. The lowest BCUT2D eigenvalue weighted by atomic mass is 9.85. The first kappa shape index (κ1) is 29.5. The molecule has 3 fully saturated rings. The Balaban J connectivity index is 1.08. The molecule has 8 heteroatoms. The summed E-state index contributed by atoms with van der Waals surface area (Å²) < 4.78 is 24.2. The SMILES string of the molecule is C=C(N)C1(NS(=C)c2ccc(-c3cc(C(C)(C)F)on3)s2)CC1c1cccc(CC(=O)C2CC2CC2CCCCC2)c1. The summed E-state index contributed by atoms with van der Waals surface area (Å²) in [5.41, 5.74) is 7.85. The Hall–Kier alpha value is -2.55. The summed E-state index contributed by atoms with van der Waals surface area (Å²) in [6.07, 6.45) is 10.5. The molecular weight excluding hydrogens is 566 g/mol. The van der Waals surface area contributed by atoms with Crippen LogP contribution in [0, 0.1) is 17.8 Å². The molecule has 5 atom stereocenters. The number of nitrogens with two attached hydrogens (primary N) is 1. The molecular formula is C34H42FN3O2S2. The Labute approximate surface area is 255 Å². The summed E-state index contributed by atoms with van der Waals surface area (Å²) in [5.74, 6) is 6.90. The maximum Gasteiger partial charge on any atom is 0.173 e. The van der Waals surface area contributed by atoms with E-state index in [0.29, 0.717) is 29.5 Å². The van der Waals surface area contributed by atoms with E-state index >= 15 is 0 Å². The Morgan fingerprint density at radius 2 is 2.02 bits per heavy atom. The first-order valence-corrected chi connectivity index (χ1v) is 17.4. The maximum absolute atomic E-state index is 14.3. The molecule has 0 radical (unpaired) electrons. The minimum atomic E-state index is -1.59. The normalized spacial score (nSPS) is 26.6. The molecule has 2 aromatic heterocycles. The number of benzene rings is 1. The fourth-order valence-corrected chi connectivity index (χ4v) is 9.35. The largest absolute Gasteiger partial charge is 0.401 e. The second kappa shape index (κ2) is 11.5. The van der Waals surface area contributed by atoms with Crippen molar-refractivity contribution in [1.29, 1.82) is 0 Å². The molecule has 0 spiro atoms. The van der Waals surface area contributed by atoms with Crippen molar-refractivity contribution in [3.8, 4) is 10.6 Å². The van der Waals surface area contributed by atoms with Crippen LogP contribution in [0.15, 0.2) is 63.5 Å². The van der Waals surface area contributed by atoms with Crippen LogP contribution in [0.1, 0.15) is 88.0 Å². The quantitative estimate of drug-likeness (QED) is 0.203.